The molecule has 9 heteroatoms. The molecule has 3 aromatic carbocycles. The zero-order chi connectivity index (χ0) is 26.4. The number of Topliss-reactive ketones (excluding diaryl/α,β-unsaturated/α-hetero) is 1. The molecule has 0 fully saturated rings. The van der Waals surface area contributed by atoms with Gasteiger partial charge in [-0.1, -0.05) is 53.5 Å². The quantitative estimate of drug-likeness (QED) is 0.282. The van der Waals surface area contributed by atoms with Crippen molar-refractivity contribution in [1.82, 2.24) is 5.32 Å². The Hall–Kier alpha value is -2.58. The van der Waals surface area contributed by atoms with Gasteiger partial charge in [0, 0.05) is 28.3 Å². The number of hydrogen-bond donors (Lipinski definition) is 1. The van der Waals surface area contributed by atoms with Crippen molar-refractivity contribution in [1.29, 1.82) is 0 Å². The fourth-order valence-corrected chi connectivity index (χ4v) is 6.48. The van der Waals surface area contributed by atoms with Gasteiger partial charge in [0.25, 0.3) is 0 Å². The molecule has 0 saturated carbocycles. The van der Waals surface area contributed by atoms with Crippen LogP contribution in [0.4, 0.5) is 0 Å². The lowest BCUT2D eigenvalue weighted by atomic mass is 9.80. The van der Waals surface area contributed by atoms with Gasteiger partial charge >= 0.3 is 5.97 Å². The van der Waals surface area contributed by atoms with Gasteiger partial charge in [-0.15, -0.1) is 0 Å². The van der Waals surface area contributed by atoms with Crippen LogP contribution in [0.25, 0.3) is 5.70 Å². The van der Waals surface area contributed by atoms with E-state index in [0.717, 1.165) is 16.7 Å². The summed E-state index contributed by atoms with van der Waals surface area (Å²) in [5.41, 5.74) is 5.23. The monoisotopic (exact) mass is 661 g/mol. The van der Waals surface area contributed by atoms with E-state index in [9.17, 15) is 9.59 Å². The Morgan fingerprint density at radius 3 is 2.32 bits per heavy atom. The van der Waals surface area contributed by atoms with Crippen LogP contribution in [0.3, 0.4) is 0 Å². The summed E-state index contributed by atoms with van der Waals surface area (Å²) in [6, 6.07) is 16.5. The lowest BCUT2D eigenvalue weighted by molar-refractivity contribution is -0.136. The molecule has 37 heavy (non-hydrogen) atoms. The molecule has 0 bridgehead atoms. The molecule has 188 valence electrons. The average Bonchev–Trinajstić information content (AvgIpc) is 3.15. The number of hydrogen-bond acceptors (Lipinski definition) is 5. The number of esters is 1. The van der Waals surface area contributed by atoms with Crippen LogP contribution in [0.5, 0.6) is 5.75 Å². The van der Waals surface area contributed by atoms with E-state index in [-0.39, 0.29) is 12.4 Å². The summed E-state index contributed by atoms with van der Waals surface area (Å²) < 4.78 is 12.5. The fourth-order valence-electron chi connectivity index (χ4n) is 4.71. The number of ether oxygens (including phenoxy) is 2. The summed E-state index contributed by atoms with van der Waals surface area (Å²) in [5.74, 6) is -0.693. The second-order valence-electron chi connectivity index (χ2n) is 8.60. The predicted molar refractivity (Wildman–Crippen MR) is 151 cm³/mol. The molecule has 2 aliphatic rings. The number of allylic oxidation sites excluding steroid dienone is 2. The van der Waals surface area contributed by atoms with Crippen LogP contribution in [0.2, 0.25) is 10.0 Å². The maximum atomic E-state index is 13.6. The van der Waals surface area contributed by atoms with Gasteiger partial charge in [-0.3, -0.25) is 4.79 Å². The summed E-state index contributed by atoms with van der Waals surface area (Å²) >= 11 is 19.4. The molecule has 1 atom stereocenters. The fraction of sp³-hybridized carbons (Fsp3) is 0.143. The number of nitrogens with one attached hydrogen (secondary N) is 1. The lowest BCUT2D eigenvalue weighted by Crippen LogP contribution is -2.29. The number of halogens is 4. The minimum absolute atomic E-state index is 0.121. The first-order valence-corrected chi connectivity index (χ1v) is 13.6. The van der Waals surface area contributed by atoms with Gasteiger partial charge in [-0.2, -0.15) is 0 Å². The van der Waals surface area contributed by atoms with Crippen molar-refractivity contribution < 1.29 is 19.1 Å². The Kier molecular flexibility index (Phi) is 7.24. The van der Waals surface area contributed by atoms with Crippen LogP contribution in [-0.2, 0) is 16.1 Å². The topological polar surface area (TPSA) is 64.6 Å². The molecule has 1 aliphatic heterocycles. The Bertz CT molecular complexity index is 1520. The van der Waals surface area contributed by atoms with E-state index < -0.39 is 11.9 Å². The highest BCUT2D eigenvalue weighted by molar-refractivity contribution is 9.11. The van der Waals surface area contributed by atoms with Gasteiger partial charge in [0.1, 0.15) is 12.4 Å². The number of carbonyl (C=O) groups excluding carboxylic acids is 2. The molecule has 0 aromatic heterocycles. The molecule has 1 N–H and O–H groups in total. The lowest BCUT2D eigenvalue weighted by Gasteiger charge is -2.29. The summed E-state index contributed by atoms with van der Waals surface area (Å²) in [6.45, 7) is 2.07. The second-order valence-corrected chi connectivity index (χ2v) is 11.1. The van der Waals surface area contributed by atoms with Gasteiger partial charge in [0.15, 0.2) is 5.78 Å². The average molecular weight is 664 g/mol. The van der Waals surface area contributed by atoms with Crippen molar-refractivity contribution >= 4 is 72.5 Å². The second kappa shape index (κ2) is 10.3. The number of ketones is 1. The third-order valence-electron chi connectivity index (χ3n) is 6.38. The van der Waals surface area contributed by atoms with E-state index in [1.165, 1.54) is 7.11 Å². The molecule has 1 aliphatic carbocycles. The first kappa shape index (κ1) is 26.0. The van der Waals surface area contributed by atoms with Crippen LogP contribution in [0, 0.1) is 0 Å². The normalized spacial score (nSPS) is 16.4. The first-order valence-electron chi connectivity index (χ1n) is 11.2. The van der Waals surface area contributed by atoms with Gasteiger partial charge in [-0.25, -0.2) is 4.79 Å². The molecule has 5 nitrogen and oxygen atoms in total. The predicted octanol–water partition coefficient (Wildman–Crippen LogP) is 7.84. The zero-order valence-corrected chi connectivity index (χ0v) is 24.3. The number of benzene rings is 3. The van der Waals surface area contributed by atoms with Gasteiger partial charge in [-0.05, 0) is 74.2 Å². The van der Waals surface area contributed by atoms with Crippen LogP contribution in [-0.4, -0.2) is 18.9 Å². The molecule has 1 heterocycles. The standard InChI is InChI=1S/C28H19Br2Cl2NO4/c1-13-22(28(35)36-2)23(24-25(33-13)16-5-3-4-6-17(16)26(24)34)15-10-18(29)27(19(30)11-15)37-12-14-7-8-20(31)21(32)9-14/h3-11,23,33H,12H2,1-2H3/t23-/m1/s1. The van der Waals surface area contributed by atoms with Crippen LogP contribution in [0.15, 0.2) is 80.4 Å². The Balaban J connectivity index is 1.56. The van der Waals surface area contributed by atoms with Crippen molar-refractivity contribution in [3.8, 4) is 5.75 Å². The number of rotatable bonds is 5. The van der Waals surface area contributed by atoms with Crippen molar-refractivity contribution in [2.45, 2.75) is 19.4 Å². The molecule has 0 saturated heterocycles. The molecule has 0 radical (unpaired) electrons. The molecule has 0 spiro atoms. The smallest absolute Gasteiger partial charge is 0.336 e. The van der Waals surface area contributed by atoms with Gasteiger partial charge in [0.2, 0.25) is 0 Å². The maximum Gasteiger partial charge on any atom is 0.336 e. The zero-order valence-electron chi connectivity index (χ0n) is 19.6. The summed E-state index contributed by atoms with van der Waals surface area (Å²) in [4.78, 5) is 26.5. The molecular formula is C28H19Br2Cl2NO4. The van der Waals surface area contributed by atoms with Crippen molar-refractivity contribution in [2.75, 3.05) is 7.11 Å². The summed E-state index contributed by atoms with van der Waals surface area (Å²) in [5, 5.41) is 4.21. The van der Waals surface area contributed by atoms with Crippen molar-refractivity contribution in [3.63, 3.8) is 0 Å². The molecular weight excluding hydrogens is 645 g/mol. The van der Waals surface area contributed by atoms with E-state index >= 15 is 0 Å². The van der Waals surface area contributed by atoms with E-state index in [1.54, 1.807) is 18.2 Å². The minimum Gasteiger partial charge on any atom is -0.487 e. The molecule has 0 amide bonds. The highest BCUT2D eigenvalue weighted by atomic mass is 79.9. The number of carbonyl (C=O) groups is 2. The number of dihydropyridines is 1. The SMILES string of the molecule is COC(=O)C1=C(C)NC2=C(C(=O)c3ccccc32)[C@@H]1c1cc(Br)c(OCc2ccc(Cl)c(Cl)c2)c(Br)c1. The van der Waals surface area contributed by atoms with Gasteiger partial charge in [0.05, 0.1) is 37.4 Å². The third kappa shape index (κ3) is 4.63. The van der Waals surface area contributed by atoms with E-state index in [4.69, 9.17) is 32.7 Å². The molecule has 5 rings (SSSR count). The Morgan fingerprint density at radius 1 is 1.00 bits per heavy atom. The summed E-state index contributed by atoms with van der Waals surface area (Å²) in [7, 11) is 1.33. The number of methoxy groups -OCH3 is 1. The number of fused-ring (bicyclic) bond motifs is 2. The van der Waals surface area contributed by atoms with E-state index in [1.807, 2.05) is 43.3 Å². The highest BCUT2D eigenvalue weighted by Crippen LogP contribution is 2.48. The van der Waals surface area contributed by atoms with E-state index in [2.05, 4.69) is 37.2 Å². The minimum atomic E-state index is -0.639. The molecule has 3 aromatic rings. The van der Waals surface area contributed by atoms with Gasteiger partial charge < -0.3 is 14.8 Å². The highest BCUT2D eigenvalue weighted by Gasteiger charge is 2.43. The van der Waals surface area contributed by atoms with Crippen LogP contribution >= 0.6 is 55.1 Å². The molecule has 0 unspecified atom stereocenters. The largest absolute Gasteiger partial charge is 0.487 e. The summed E-state index contributed by atoms with van der Waals surface area (Å²) in [6.07, 6.45) is 0. The van der Waals surface area contributed by atoms with Crippen molar-refractivity contribution in [3.05, 3.63) is 113 Å². The maximum absolute atomic E-state index is 13.6. The Morgan fingerprint density at radius 2 is 1.68 bits per heavy atom. The van der Waals surface area contributed by atoms with Crippen molar-refractivity contribution in [2.24, 2.45) is 0 Å². The van der Waals surface area contributed by atoms with Crippen LogP contribution in [0.1, 0.15) is 39.9 Å². The first-order chi connectivity index (χ1) is 17.7. The van der Waals surface area contributed by atoms with E-state index in [0.29, 0.717) is 52.8 Å². The Labute approximate surface area is 240 Å². The van der Waals surface area contributed by atoms with Crippen LogP contribution < -0.4 is 10.1 Å². The third-order valence-corrected chi connectivity index (χ3v) is 8.29.